The van der Waals surface area contributed by atoms with Gasteiger partial charge in [0.2, 0.25) is 0 Å². The van der Waals surface area contributed by atoms with Crippen molar-refractivity contribution < 1.29 is 14.0 Å². The molecular weight excluding hydrogens is 235 g/mol. The van der Waals surface area contributed by atoms with Crippen LogP contribution in [0.1, 0.15) is 18.9 Å². The van der Waals surface area contributed by atoms with Crippen LogP contribution < -0.4 is 0 Å². The van der Waals surface area contributed by atoms with Gasteiger partial charge in [-0.05, 0) is 25.1 Å². The first-order valence-electron chi connectivity index (χ1n) is 4.55. The second-order valence-electron chi connectivity index (χ2n) is 3.26. The van der Waals surface area contributed by atoms with Crippen LogP contribution in [-0.2, 0) is 0 Å². The fourth-order valence-corrected chi connectivity index (χ4v) is 1.34. The quantitative estimate of drug-likeness (QED) is 0.879. The molecule has 0 fully saturated rings. The highest BCUT2D eigenvalue weighted by Gasteiger charge is 2.15. The SMILES string of the molecule is CC(O)c1noc(-c2ccc(Cl)cc2F)n1. The molecular formula is C10H8ClFN2O2. The second-order valence-corrected chi connectivity index (χ2v) is 3.69. The Balaban J connectivity index is 2.42. The number of halogens is 2. The standard InChI is InChI=1S/C10H8ClFN2O2/c1-5(15)9-13-10(16-14-9)7-3-2-6(11)4-8(7)12/h2-5,15H,1H3. The number of nitrogens with zero attached hydrogens (tertiary/aromatic N) is 2. The van der Waals surface area contributed by atoms with Crippen molar-refractivity contribution >= 4 is 11.6 Å². The Kier molecular flexibility index (Phi) is 2.89. The number of aliphatic hydroxyl groups excluding tert-OH is 1. The highest BCUT2D eigenvalue weighted by Crippen LogP contribution is 2.24. The Morgan fingerprint density at radius 3 is 2.81 bits per heavy atom. The van der Waals surface area contributed by atoms with Crippen molar-refractivity contribution in [2.45, 2.75) is 13.0 Å². The summed E-state index contributed by atoms with van der Waals surface area (Å²) in [6.07, 6.45) is -0.854. The number of rotatable bonds is 2. The van der Waals surface area contributed by atoms with Gasteiger partial charge in [0.15, 0.2) is 5.82 Å². The third-order valence-corrected chi connectivity index (χ3v) is 2.21. The predicted octanol–water partition coefficient (Wildman–Crippen LogP) is 2.58. The van der Waals surface area contributed by atoms with Crippen molar-refractivity contribution in [1.82, 2.24) is 10.1 Å². The van der Waals surface area contributed by atoms with E-state index >= 15 is 0 Å². The summed E-state index contributed by atoms with van der Waals surface area (Å²) < 4.78 is 18.3. The van der Waals surface area contributed by atoms with Gasteiger partial charge in [0, 0.05) is 5.02 Å². The van der Waals surface area contributed by atoms with Crippen LogP contribution in [0.4, 0.5) is 4.39 Å². The summed E-state index contributed by atoms with van der Waals surface area (Å²) in [5.41, 5.74) is 0.156. The van der Waals surface area contributed by atoms with E-state index in [1.807, 2.05) is 0 Å². The summed E-state index contributed by atoms with van der Waals surface area (Å²) in [6, 6.07) is 4.12. The molecule has 1 atom stereocenters. The number of hydrogen-bond acceptors (Lipinski definition) is 4. The van der Waals surface area contributed by atoms with Crippen LogP contribution in [0.3, 0.4) is 0 Å². The van der Waals surface area contributed by atoms with Crippen LogP contribution in [0.25, 0.3) is 11.5 Å². The Hall–Kier alpha value is -1.46. The summed E-state index contributed by atoms with van der Waals surface area (Å²) in [4.78, 5) is 3.86. The molecule has 1 N–H and O–H groups in total. The van der Waals surface area contributed by atoms with Gasteiger partial charge in [-0.25, -0.2) is 4.39 Å². The molecule has 0 bridgehead atoms. The molecule has 16 heavy (non-hydrogen) atoms. The zero-order valence-electron chi connectivity index (χ0n) is 8.32. The highest BCUT2D eigenvalue weighted by molar-refractivity contribution is 6.30. The van der Waals surface area contributed by atoms with Crippen molar-refractivity contribution in [2.75, 3.05) is 0 Å². The predicted molar refractivity (Wildman–Crippen MR) is 55.3 cm³/mol. The maximum absolute atomic E-state index is 13.5. The molecule has 0 amide bonds. The molecule has 1 aromatic carbocycles. The second kappa shape index (κ2) is 4.19. The average Bonchev–Trinajstić information content (AvgIpc) is 2.66. The monoisotopic (exact) mass is 242 g/mol. The van der Waals surface area contributed by atoms with Gasteiger partial charge >= 0.3 is 0 Å². The van der Waals surface area contributed by atoms with Gasteiger partial charge in [-0.3, -0.25) is 0 Å². The first-order valence-corrected chi connectivity index (χ1v) is 4.93. The zero-order chi connectivity index (χ0) is 11.7. The molecule has 84 valence electrons. The van der Waals surface area contributed by atoms with Crippen molar-refractivity contribution in [3.63, 3.8) is 0 Å². The minimum absolute atomic E-state index is 0.0186. The van der Waals surface area contributed by atoms with E-state index in [1.54, 1.807) is 0 Å². The molecule has 4 nitrogen and oxygen atoms in total. The van der Waals surface area contributed by atoms with E-state index < -0.39 is 11.9 Å². The van der Waals surface area contributed by atoms with E-state index in [0.29, 0.717) is 0 Å². The molecule has 0 saturated carbocycles. The summed E-state index contributed by atoms with van der Waals surface area (Å²) in [5, 5.41) is 13.0. The minimum Gasteiger partial charge on any atom is -0.385 e. The molecule has 6 heteroatoms. The van der Waals surface area contributed by atoms with Gasteiger partial charge < -0.3 is 9.63 Å². The van der Waals surface area contributed by atoms with Crippen molar-refractivity contribution in [3.05, 3.63) is 34.9 Å². The third kappa shape index (κ3) is 2.05. The van der Waals surface area contributed by atoms with Crippen molar-refractivity contribution in [1.29, 1.82) is 0 Å². The minimum atomic E-state index is -0.854. The first-order chi connectivity index (χ1) is 7.58. The first kappa shape index (κ1) is 11.0. The molecule has 0 saturated heterocycles. The Morgan fingerprint density at radius 2 is 2.25 bits per heavy atom. The normalized spacial score (nSPS) is 12.8. The summed E-state index contributed by atoms with van der Waals surface area (Å²) in [6.45, 7) is 1.49. The number of aliphatic hydroxyl groups is 1. The third-order valence-electron chi connectivity index (χ3n) is 1.98. The van der Waals surface area contributed by atoms with Crippen LogP contribution in [0.2, 0.25) is 5.02 Å². The lowest BCUT2D eigenvalue weighted by Crippen LogP contribution is -1.93. The Bertz CT molecular complexity index is 513. The maximum Gasteiger partial charge on any atom is 0.260 e. The fourth-order valence-electron chi connectivity index (χ4n) is 1.18. The largest absolute Gasteiger partial charge is 0.385 e. The van der Waals surface area contributed by atoms with Crippen LogP contribution in [0.5, 0.6) is 0 Å². The topological polar surface area (TPSA) is 59.2 Å². The Labute approximate surface area is 95.7 Å². The van der Waals surface area contributed by atoms with Crippen molar-refractivity contribution in [3.8, 4) is 11.5 Å². The van der Waals surface area contributed by atoms with E-state index in [9.17, 15) is 9.50 Å². The number of hydrogen-bond donors (Lipinski definition) is 1. The van der Waals surface area contributed by atoms with Gasteiger partial charge in [0.25, 0.3) is 5.89 Å². The molecule has 0 aliphatic heterocycles. The number of aromatic nitrogens is 2. The molecule has 0 aliphatic carbocycles. The molecule has 2 rings (SSSR count). The van der Waals surface area contributed by atoms with Gasteiger partial charge in [-0.2, -0.15) is 4.98 Å². The van der Waals surface area contributed by atoms with Crippen LogP contribution in [0, 0.1) is 5.82 Å². The lowest BCUT2D eigenvalue weighted by Gasteiger charge is -1.97. The van der Waals surface area contributed by atoms with E-state index in [-0.39, 0.29) is 22.3 Å². The van der Waals surface area contributed by atoms with Crippen LogP contribution in [0.15, 0.2) is 22.7 Å². The van der Waals surface area contributed by atoms with E-state index in [1.165, 1.54) is 19.1 Å². The maximum atomic E-state index is 13.5. The molecule has 0 spiro atoms. The van der Waals surface area contributed by atoms with E-state index in [4.69, 9.17) is 16.1 Å². The molecule has 1 heterocycles. The Morgan fingerprint density at radius 1 is 1.50 bits per heavy atom. The molecule has 0 radical (unpaired) electrons. The highest BCUT2D eigenvalue weighted by atomic mass is 35.5. The molecule has 2 aromatic rings. The van der Waals surface area contributed by atoms with Crippen LogP contribution >= 0.6 is 11.6 Å². The molecule has 1 aromatic heterocycles. The molecule has 0 aliphatic rings. The molecule has 1 unspecified atom stereocenters. The summed E-state index contributed by atoms with van der Waals surface area (Å²) in [5.74, 6) is -0.414. The summed E-state index contributed by atoms with van der Waals surface area (Å²) in [7, 11) is 0. The fraction of sp³-hybridized carbons (Fsp3) is 0.200. The van der Waals surface area contributed by atoms with E-state index in [2.05, 4.69) is 10.1 Å². The average molecular weight is 243 g/mol. The van der Waals surface area contributed by atoms with Crippen molar-refractivity contribution in [2.24, 2.45) is 0 Å². The van der Waals surface area contributed by atoms with Gasteiger partial charge in [-0.1, -0.05) is 16.8 Å². The van der Waals surface area contributed by atoms with E-state index in [0.717, 1.165) is 6.07 Å². The van der Waals surface area contributed by atoms with Crippen LogP contribution in [-0.4, -0.2) is 15.2 Å². The lowest BCUT2D eigenvalue weighted by atomic mass is 10.2. The zero-order valence-corrected chi connectivity index (χ0v) is 9.07. The van der Waals surface area contributed by atoms with Gasteiger partial charge in [-0.15, -0.1) is 0 Å². The van der Waals surface area contributed by atoms with Gasteiger partial charge in [0.05, 0.1) is 5.56 Å². The number of benzene rings is 1. The van der Waals surface area contributed by atoms with Gasteiger partial charge in [0.1, 0.15) is 11.9 Å². The summed E-state index contributed by atoms with van der Waals surface area (Å²) >= 11 is 5.61. The smallest absolute Gasteiger partial charge is 0.260 e. The lowest BCUT2D eigenvalue weighted by molar-refractivity contribution is 0.184.